The van der Waals surface area contributed by atoms with Gasteiger partial charge in [-0.15, -0.1) is 0 Å². The zero-order chi connectivity index (χ0) is 14.5. The van der Waals surface area contributed by atoms with Crippen molar-refractivity contribution in [2.45, 2.75) is 13.3 Å². The van der Waals surface area contributed by atoms with Gasteiger partial charge >= 0.3 is 5.97 Å². The number of carboxylic acids is 1. The van der Waals surface area contributed by atoms with Crippen molar-refractivity contribution in [1.29, 1.82) is 0 Å². The highest BCUT2D eigenvalue weighted by atomic mass is 16.5. The van der Waals surface area contributed by atoms with Gasteiger partial charge in [0.05, 0.1) is 5.56 Å². The molecule has 0 bridgehead atoms. The molecule has 0 spiro atoms. The molecule has 1 aromatic carbocycles. The first-order valence-electron chi connectivity index (χ1n) is 6.01. The zero-order valence-corrected chi connectivity index (χ0v) is 10.9. The number of hydrogen-bond donors (Lipinski definition) is 1. The van der Waals surface area contributed by atoms with E-state index in [0.29, 0.717) is 5.75 Å². The van der Waals surface area contributed by atoms with Gasteiger partial charge in [0.25, 0.3) is 0 Å². The predicted molar refractivity (Wildman–Crippen MR) is 72.1 cm³/mol. The number of nitrogens with zero attached hydrogens (tertiary/aromatic N) is 1. The Bertz CT molecular complexity index is 635. The van der Waals surface area contributed by atoms with E-state index in [1.54, 1.807) is 18.2 Å². The van der Waals surface area contributed by atoms with Crippen molar-refractivity contribution in [3.63, 3.8) is 0 Å². The highest BCUT2D eigenvalue weighted by molar-refractivity contribution is 6.06. The number of hydrogen-bond acceptors (Lipinski definition) is 4. The van der Waals surface area contributed by atoms with Crippen molar-refractivity contribution < 1.29 is 19.4 Å². The van der Waals surface area contributed by atoms with E-state index in [-0.39, 0.29) is 11.4 Å². The molecule has 0 aliphatic carbocycles. The quantitative estimate of drug-likeness (QED) is 0.668. The SMILES string of the molecule is Cc1ccc(Oc2ncccc2C(=O)CC(=O)O)cc1. The van der Waals surface area contributed by atoms with Gasteiger partial charge in [-0.1, -0.05) is 17.7 Å². The van der Waals surface area contributed by atoms with E-state index in [1.165, 1.54) is 12.3 Å². The van der Waals surface area contributed by atoms with E-state index in [0.717, 1.165) is 5.56 Å². The number of aromatic nitrogens is 1. The Balaban J connectivity index is 2.25. The van der Waals surface area contributed by atoms with E-state index in [2.05, 4.69) is 4.98 Å². The molecule has 20 heavy (non-hydrogen) atoms. The number of carboxylic acid groups (broad SMARTS) is 1. The number of Topliss-reactive ketones (excluding diaryl/α,β-unsaturated/α-hetero) is 1. The van der Waals surface area contributed by atoms with Crippen LogP contribution in [-0.4, -0.2) is 21.8 Å². The highest BCUT2D eigenvalue weighted by Crippen LogP contribution is 2.24. The molecule has 0 fully saturated rings. The fraction of sp³-hybridized carbons (Fsp3) is 0.133. The number of aliphatic carboxylic acids is 1. The first-order chi connectivity index (χ1) is 9.56. The Kier molecular flexibility index (Phi) is 4.10. The Morgan fingerprint density at radius 1 is 1.20 bits per heavy atom. The van der Waals surface area contributed by atoms with Crippen molar-refractivity contribution in [2.24, 2.45) is 0 Å². The van der Waals surface area contributed by atoms with Gasteiger partial charge < -0.3 is 9.84 Å². The molecule has 0 aliphatic rings. The largest absolute Gasteiger partial charge is 0.481 e. The lowest BCUT2D eigenvalue weighted by Crippen LogP contribution is -2.09. The third kappa shape index (κ3) is 3.41. The van der Waals surface area contributed by atoms with Gasteiger partial charge in [0.1, 0.15) is 12.2 Å². The molecule has 0 atom stereocenters. The number of ether oxygens (including phenoxy) is 1. The average molecular weight is 271 g/mol. The molecular formula is C15H13NO4. The maximum absolute atomic E-state index is 11.8. The Hall–Kier alpha value is -2.69. The summed E-state index contributed by atoms with van der Waals surface area (Å²) in [6, 6.07) is 10.3. The van der Waals surface area contributed by atoms with E-state index < -0.39 is 18.2 Å². The van der Waals surface area contributed by atoms with Crippen LogP contribution < -0.4 is 4.74 Å². The molecule has 0 amide bonds. The van der Waals surface area contributed by atoms with Crippen molar-refractivity contribution in [1.82, 2.24) is 4.98 Å². The van der Waals surface area contributed by atoms with Crippen molar-refractivity contribution in [2.75, 3.05) is 0 Å². The van der Waals surface area contributed by atoms with Crippen LogP contribution in [0.2, 0.25) is 0 Å². The third-order valence-electron chi connectivity index (χ3n) is 2.62. The van der Waals surface area contributed by atoms with Crippen LogP contribution in [0, 0.1) is 6.92 Å². The highest BCUT2D eigenvalue weighted by Gasteiger charge is 2.16. The summed E-state index contributed by atoms with van der Waals surface area (Å²) in [5.41, 5.74) is 1.25. The van der Waals surface area contributed by atoms with Gasteiger partial charge in [0.2, 0.25) is 5.88 Å². The second-order valence-corrected chi connectivity index (χ2v) is 4.26. The number of benzene rings is 1. The third-order valence-corrected chi connectivity index (χ3v) is 2.62. The number of carbonyl (C=O) groups is 2. The number of rotatable bonds is 5. The zero-order valence-electron chi connectivity index (χ0n) is 10.9. The summed E-state index contributed by atoms with van der Waals surface area (Å²) in [6.45, 7) is 1.95. The maximum atomic E-state index is 11.8. The van der Waals surface area contributed by atoms with Crippen LogP contribution >= 0.6 is 0 Å². The summed E-state index contributed by atoms with van der Waals surface area (Å²) in [4.78, 5) is 26.4. The minimum Gasteiger partial charge on any atom is -0.481 e. The lowest BCUT2D eigenvalue weighted by atomic mass is 10.1. The van der Waals surface area contributed by atoms with Crippen LogP contribution in [0.5, 0.6) is 11.6 Å². The summed E-state index contributed by atoms with van der Waals surface area (Å²) in [7, 11) is 0. The van der Waals surface area contributed by atoms with Crippen LogP contribution in [0.25, 0.3) is 0 Å². The summed E-state index contributed by atoms with van der Waals surface area (Å²) in [5, 5.41) is 8.67. The molecule has 1 heterocycles. The minimum absolute atomic E-state index is 0.114. The van der Waals surface area contributed by atoms with E-state index in [1.807, 2.05) is 19.1 Å². The van der Waals surface area contributed by atoms with Crippen LogP contribution in [-0.2, 0) is 4.79 Å². The summed E-state index contributed by atoms with van der Waals surface area (Å²) >= 11 is 0. The summed E-state index contributed by atoms with van der Waals surface area (Å²) < 4.78 is 5.54. The second kappa shape index (κ2) is 5.97. The van der Waals surface area contributed by atoms with Gasteiger partial charge in [-0.05, 0) is 31.2 Å². The molecule has 0 unspecified atom stereocenters. The number of pyridine rings is 1. The molecular weight excluding hydrogens is 258 g/mol. The number of ketones is 1. The lowest BCUT2D eigenvalue weighted by molar-refractivity contribution is -0.135. The normalized spacial score (nSPS) is 10.1. The smallest absolute Gasteiger partial charge is 0.311 e. The van der Waals surface area contributed by atoms with Gasteiger partial charge in [-0.25, -0.2) is 4.98 Å². The fourth-order valence-corrected chi connectivity index (χ4v) is 1.63. The Morgan fingerprint density at radius 2 is 1.90 bits per heavy atom. The van der Waals surface area contributed by atoms with Crippen molar-refractivity contribution in [3.05, 3.63) is 53.7 Å². The molecule has 0 saturated carbocycles. The Morgan fingerprint density at radius 3 is 2.55 bits per heavy atom. The minimum atomic E-state index is -1.18. The van der Waals surface area contributed by atoms with Crippen molar-refractivity contribution in [3.8, 4) is 11.6 Å². The van der Waals surface area contributed by atoms with Crippen LogP contribution in [0.15, 0.2) is 42.6 Å². The molecule has 1 aromatic heterocycles. The summed E-state index contributed by atoms with van der Waals surface area (Å²) in [5.74, 6) is -1.06. The van der Waals surface area contributed by atoms with Gasteiger partial charge in [0, 0.05) is 6.20 Å². The summed E-state index contributed by atoms with van der Waals surface area (Å²) in [6.07, 6.45) is 0.900. The number of carbonyl (C=O) groups excluding carboxylic acids is 1. The van der Waals surface area contributed by atoms with E-state index in [9.17, 15) is 9.59 Å². The average Bonchev–Trinajstić information content (AvgIpc) is 2.41. The van der Waals surface area contributed by atoms with Gasteiger partial charge in [-0.3, -0.25) is 9.59 Å². The van der Waals surface area contributed by atoms with Crippen LogP contribution in [0.4, 0.5) is 0 Å². The molecule has 5 heteroatoms. The molecule has 2 rings (SSSR count). The first-order valence-corrected chi connectivity index (χ1v) is 6.01. The molecule has 0 radical (unpaired) electrons. The van der Waals surface area contributed by atoms with Crippen LogP contribution in [0.3, 0.4) is 0 Å². The molecule has 0 aliphatic heterocycles. The van der Waals surface area contributed by atoms with E-state index >= 15 is 0 Å². The Labute approximate surface area is 115 Å². The maximum Gasteiger partial charge on any atom is 0.311 e. The van der Waals surface area contributed by atoms with Crippen molar-refractivity contribution >= 4 is 11.8 Å². The lowest BCUT2D eigenvalue weighted by Gasteiger charge is -2.08. The van der Waals surface area contributed by atoms with E-state index in [4.69, 9.17) is 9.84 Å². The fourth-order valence-electron chi connectivity index (χ4n) is 1.63. The molecule has 5 nitrogen and oxygen atoms in total. The molecule has 1 N–H and O–H groups in total. The second-order valence-electron chi connectivity index (χ2n) is 4.26. The van der Waals surface area contributed by atoms with Gasteiger partial charge in [0.15, 0.2) is 5.78 Å². The monoisotopic (exact) mass is 271 g/mol. The number of aryl methyl sites for hydroxylation is 1. The molecule has 2 aromatic rings. The first kappa shape index (κ1) is 13.7. The van der Waals surface area contributed by atoms with Gasteiger partial charge in [-0.2, -0.15) is 0 Å². The predicted octanol–water partition coefficient (Wildman–Crippen LogP) is 2.84. The standard InChI is InChI=1S/C15H13NO4/c1-10-4-6-11(7-5-10)20-15-12(3-2-8-16-15)13(17)9-14(18)19/h2-8H,9H2,1H3,(H,18,19). The van der Waals surface area contributed by atoms with Crippen LogP contribution in [0.1, 0.15) is 22.3 Å². The molecule has 0 saturated heterocycles. The topological polar surface area (TPSA) is 76.5 Å². The molecule has 102 valence electrons.